The molecule has 1 fully saturated rings. The first-order valence-corrected chi connectivity index (χ1v) is 10.3. The van der Waals surface area contributed by atoms with Gasteiger partial charge in [0.15, 0.2) is 11.8 Å². The van der Waals surface area contributed by atoms with E-state index in [0.717, 1.165) is 42.9 Å². The van der Waals surface area contributed by atoms with E-state index in [2.05, 4.69) is 33.6 Å². The highest BCUT2D eigenvalue weighted by Gasteiger charge is 2.36. The fourth-order valence-corrected chi connectivity index (χ4v) is 3.45. The zero-order valence-corrected chi connectivity index (χ0v) is 19.9. The van der Waals surface area contributed by atoms with Crippen molar-refractivity contribution in [2.24, 2.45) is 23.9 Å². The van der Waals surface area contributed by atoms with Crippen molar-refractivity contribution in [3.05, 3.63) is 11.6 Å². The Morgan fingerprint density at radius 3 is 2.74 bits per heavy atom. The number of nitrogens with one attached hydrogen (secondary N) is 1. The maximum Gasteiger partial charge on any atom is 0.310 e. The molecule has 0 aromatic carbocycles. The van der Waals surface area contributed by atoms with Crippen LogP contribution in [0.1, 0.15) is 25.0 Å². The molecular weight excluding hydrogens is 479 g/mol. The number of rotatable bonds is 7. The van der Waals surface area contributed by atoms with Gasteiger partial charge in [0.1, 0.15) is 12.4 Å². The third kappa shape index (κ3) is 6.51. The zero-order chi connectivity index (χ0) is 19.1. The molecule has 154 valence electrons. The van der Waals surface area contributed by atoms with Gasteiger partial charge in [0.2, 0.25) is 0 Å². The number of hydrogen-bond acceptors (Lipinski definition) is 6. The van der Waals surface area contributed by atoms with Gasteiger partial charge in [-0.15, -0.1) is 34.2 Å². The Kier molecular flexibility index (Phi) is 10.4. The summed E-state index contributed by atoms with van der Waals surface area (Å²) in [6, 6.07) is 0. The normalized spacial score (nSPS) is 19.7. The van der Waals surface area contributed by atoms with Gasteiger partial charge < -0.3 is 19.5 Å². The van der Waals surface area contributed by atoms with Crippen molar-refractivity contribution >= 4 is 47.7 Å². The summed E-state index contributed by atoms with van der Waals surface area (Å²) < 4.78 is 6.89. The number of carbonyl (C=O) groups excluding carboxylic acids is 1. The number of aromatic nitrogens is 3. The van der Waals surface area contributed by atoms with Crippen LogP contribution in [0.3, 0.4) is 0 Å². The molecule has 1 saturated heterocycles. The van der Waals surface area contributed by atoms with Crippen molar-refractivity contribution in [3.8, 4) is 0 Å². The zero-order valence-electron chi connectivity index (χ0n) is 16.8. The fraction of sp³-hybridized carbons (Fsp3) is 0.765. The van der Waals surface area contributed by atoms with E-state index in [9.17, 15) is 4.79 Å². The average molecular weight is 510 g/mol. The Morgan fingerprint density at radius 1 is 1.41 bits per heavy atom. The SMILES string of the molecule is COC(=O)C1CN(C(=NCc2nnc(C)n2C)NCCCSC)CC1C.I. The number of methoxy groups -OCH3 is 1. The predicted molar refractivity (Wildman–Crippen MR) is 120 cm³/mol. The summed E-state index contributed by atoms with van der Waals surface area (Å²) in [4.78, 5) is 18.9. The fourth-order valence-electron chi connectivity index (χ4n) is 3.02. The van der Waals surface area contributed by atoms with Crippen LogP contribution in [0, 0.1) is 18.8 Å². The van der Waals surface area contributed by atoms with Crippen LogP contribution in [-0.4, -0.2) is 70.3 Å². The van der Waals surface area contributed by atoms with Gasteiger partial charge in [-0.1, -0.05) is 6.92 Å². The van der Waals surface area contributed by atoms with Crippen molar-refractivity contribution in [2.75, 3.05) is 38.8 Å². The second-order valence-electron chi connectivity index (χ2n) is 6.65. The number of hydrogen-bond donors (Lipinski definition) is 1. The van der Waals surface area contributed by atoms with Crippen molar-refractivity contribution < 1.29 is 9.53 Å². The van der Waals surface area contributed by atoms with Gasteiger partial charge in [-0.2, -0.15) is 11.8 Å². The summed E-state index contributed by atoms with van der Waals surface area (Å²) in [6.07, 6.45) is 3.17. The Labute approximate surface area is 182 Å². The number of carbonyl (C=O) groups is 1. The summed E-state index contributed by atoms with van der Waals surface area (Å²) in [5.41, 5.74) is 0. The molecule has 0 radical (unpaired) electrons. The highest BCUT2D eigenvalue weighted by Crippen LogP contribution is 2.24. The average Bonchev–Trinajstić information content (AvgIpc) is 3.17. The molecule has 1 N–H and O–H groups in total. The predicted octanol–water partition coefficient (Wildman–Crippen LogP) is 1.68. The summed E-state index contributed by atoms with van der Waals surface area (Å²) in [6.45, 7) is 6.72. The quantitative estimate of drug-likeness (QED) is 0.197. The molecule has 27 heavy (non-hydrogen) atoms. The maximum absolute atomic E-state index is 12.0. The van der Waals surface area contributed by atoms with Crippen molar-refractivity contribution in [1.29, 1.82) is 0 Å². The smallest absolute Gasteiger partial charge is 0.310 e. The molecule has 2 rings (SSSR count). The number of aliphatic imine (C=N–C) groups is 1. The Morgan fingerprint density at radius 2 is 2.15 bits per heavy atom. The van der Waals surface area contributed by atoms with E-state index in [-0.39, 0.29) is 41.8 Å². The molecular formula is C17H31IN6O2S. The van der Waals surface area contributed by atoms with E-state index >= 15 is 0 Å². The maximum atomic E-state index is 12.0. The van der Waals surface area contributed by atoms with Gasteiger partial charge in [0, 0.05) is 26.7 Å². The van der Waals surface area contributed by atoms with Crippen LogP contribution in [0.15, 0.2) is 4.99 Å². The van der Waals surface area contributed by atoms with E-state index < -0.39 is 0 Å². The molecule has 10 heteroatoms. The summed E-state index contributed by atoms with van der Waals surface area (Å²) in [7, 11) is 3.39. The molecule has 1 aromatic rings. The lowest BCUT2D eigenvalue weighted by atomic mass is 9.99. The topological polar surface area (TPSA) is 84.6 Å². The summed E-state index contributed by atoms with van der Waals surface area (Å²) >= 11 is 1.83. The number of esters is 1. The van der Waals surface area contributed by atoms with Crippen LogP contribution in [0.25, 0.3) is 0 Å². The van der Waals surface area contributed by atoms with Gasteiger partial charge in [-0.3, -0.25) is 4.79 Å². The summed E-state index contributed by atoms with van der Waals surface area (Å²) in [5.74, 6) is 3.58. The van der Waals surface area contributed by atoms with E-state index in [1.807, 2.05) is 30.3 Å². The number of halogens is 1. The van der Waals surface area contributed by atoms with Crippen molar-refractivity contribution in [2.45, 2.75) is 26.8 Å². The molecule has 2 unspecified atom stereocenters. The van der Waals surface area contributed by atoms with Gasteiger partial charge in [-0.05, 0) is 31.3 Å². The lowest BCUT2D eigenvalue weighted by Crippen LogP contribution is -2.41. The van der Waals surface area contributed by atoms with E-state index in [0.29, 0.717) is 13.1 Å². The number of ether oxygens (including phenoxy) is 1. The van der Waals surface area contributed by atoms with Crippen LogP contribution in [0.4, 0.5) is 0 Å². The standard InChI is InChI=1S/C17H30N6O2S.HI/c1-12-10-23(11-14(12)16(24)25-4)17(18-7-6-8-26-5)19-9-15-21-20-13(2)22(15)3;/h12,14H,6-11H2,1-5H3,(H,18,19);1H. The minimum absolute atomic E-state index is 0. The first kappa shape index (κ1) is 24.0. The second kappa shape index (κ2) is 11.7. The first-order valence-electron chi connectivity index (χ1n) is 8.92. The Hall–Kier alpha value is -1.04. The van der Waals surface area contributed by atoms with Crippen molar-refractivity contribution in [1.82, 2.24) is 25.0 Å². The number of nitrogens with zero attached hydrogens (tertiary/aromatic N) is 5. The minimum Gasteiger partial charge on any atom is -0.469 e. The Balaban J connectivity index is 0.00000364. The third-order valence-electron chi connectivity index (χ3n) is 4.78. The third-order valence-corrected chi connectivity index (χ3v) is 5.47. The highest BCUT2D eigenvalue weighted by molar-refractivity contribution is 14.0. The van der Waals surface area contributed by atoms with Crippen LogP contribution in [0.5, 0.6) is 0 Å². The number of thioether (sulfide) groups is 1. The van der Waals surface area contributed by atoms with E-state index in [1.54, 1.807) is 0 Å². The van der Waals surface area contributed by atoms with E-state index in [4.69, 9.17) is 9.73 Å². The molecule has 0 spiro atoms. The highest BCUT2D eigenvalue weighted by atomic mass is 127. The molecule has 1 aliphatic rings. The van der Waals surface area contributed by atoms with Gasteiger partial charge >= 0.3 is 5.97 Å². The number of likely N-dealkylation sites (tertiary alicyclic amines) is 1. The van der Waals surface area contributed by atoms with Gasteiger partial charge in [0.25, 0.3) is 0 Å². The van der Waals surface area contributed by atoms with Crippen LogP contribution < -0.4 is 5.32 Å². The monoisotopic (exact) mass is 510 g/mol. The lowest BCUT2D eigenvalue weighted by molar-refractivity contribution is -0.145. The molecule has 0 amide bonds. The number of guanidine groups is 1. The Bertz CT molecular complexity index is 639. The molecule has 2 heterocycles. The van der Waals surface area contributed by atoms with Crippen LogP contribution in [-0.2, 0) is 23.1 Å². The van der Waals surface area contributed by atoms with Gasteiger partial charge in [0.05, 0.1) is 13.0 Å². The van der Waals surface area contributed by atoms with E-state index in [1.165, 1.54) is 7.11 Å². The molecule has 0 saturated carbocycles. The molecule has 1 aliphatic heterocycles. The largest absolute Gasteiger partial charge is 0.469 e. The molecule has 2 atom stereocenters. The lowest BCUT2D eigenvalue weighted by Gasteiger charge is -2.22. The molecule has 0 aliphatic carbocycles. The van der Waals surface area contributed by atoms with Crippen LogP contribution >= 0.6 is 35.7 Å². The molecule has 8 nitrogen and oxygen atoms in total. The van der Waals surface area contributed by atoms with Gasteiger partial charge in [-0.25, -0.2) is 4.99 Å². The summed E-state index contributed by atoms with van der Waals surface area (Å²) in [5, 5.41) is 11.7. The molecule has 1 aromatic heterocycles. The number of aryl methyl sites for hydroxylation is 1. The van der Waals surface area contributed by atoms with Crippen LogP contribution in [0.2, 0.25) is 0 Å². The molecule has 0 bridgehead atoms. The minimum atomic E-state index is -0.148. The van der Waals surface area contributed by atoms with Crippen molar-refractivity contribution in [3.63, 3.8) is 0 Å². The first-order chi connectivity index (χ1) is 12.5. The second-order valence-corrected chi connectivity index (χ2v) is 7.63.